The molecule has 0 aromatic heterocycles. The van der Waals surface area contributed by atoms with Gasteiger partial charge in [0.2, 0.25) is 0 Å². The molecule has 2 saturated heterocycles. The number of hydrogen-bond donors (Lipinski definition) is 2. The molecule has 0 radical (unpaired) electrons. The zero-order chi connectivity index (χ0) is 13.0. The lowest BCUT2D eigenvalue weighted by Gasteiger charge is -2.47. The van der Waals surface area contributed by atoms with Gasteiger partial charge in [0.1, 0.15) is 0 Å². The Balaban J connectivity index is 1.86. The van der Waals surface area contributed by atoms with Gasteiger partial charge in [0.25, 0.3) is 0 Å². The SMILES string of the molecule is CC1OC(CCO)OCC12COC(CCO)OC2. The van der Waals surface area contributed by atoms with Crippen molar-refractivity contribution in [2.45, 2.75) is 38.4 Å². The highest BCUT2D eigenvalue weighted by molar-refractivity contribution is 4.90. The van der Waals surface area contributed by atoms with Crippen molar-refractivity contribution in [1.82, 2.24) is 0 Å². The first-order valence-corrected chi connectivity index (χ1v) is 6.42. The molecule has 0 amide bonds. The van der Waals surface area contributed by atoms with Gasteiger partial charge in [-0.15, -0.1) is 0 Å². The Morgan fingerprint density at radius 1 is 0.944 bits per heavy atom. The van der Waals surface area contributed by atoms with Gasteiger partial charge in [-0.1, -0.05) is 0 Å². The molecule has 2 aliphatic rings. The van der Waals surface area contributed by atoms with Crippen LogP contribution >= 0.6 is 0 Å². The predicted molar refractivity (Wildman–Crippen MR) is 61.8 cm³/mol. The van der Waals surface area contributed by atoms with Gasteiger partial charge in [-0.25, -0.2) is 0 Å². The maximum absolute atomic E-state index is 8.87. The fourth-order valence-corrected chi connectivity index (χ4v) is 2.24. The van der Waals surface area contributed by atoms with Crippen molar-refractivity contribution >= 4 is 0 Å². The fourth-order valence-electron chi connectivity index (χ4n) is 2.24. The Kier molecular flexibility index (Phi) is 4.94. The minimum absolute atomic E-state index is 0.0436. The van der Waals surface area contributed by atoms with Crippen LogP contribution in [0.5, 0.6) is 0 Å². The van der Waals surface area contributed by atoms with Crippen LogP contribution in [-0.4, -0.2) is 61.9 Å². The summed E-state index contributed by atoms with van der Waals surface area (Å²) >= 11 is 0. The number of rotatable bonds is 4. The minimum atomic E-state index is -0.342. The fraction of sp³-hybridized carbons (Fsp3) is 1.00. The summed E-state index contributed by atoms with van der Waals surface area (Å²) in [5.41, 5.74) is -0.280. The topological polar surface area (TPSA) is 77.4 Å². The third kappa shape index (κ3) is 3.01. The molecule has 0 aromatic rings. The average molecular weight is 262 g/mol. The normalized spacial score (nSPS) is 41.2. The first-order chi connectivity index (χ1) is 8.70. The predicted octanol–water partition coefficient (Wildman–Crippen LogP) is -0.128. The molecule has 2 fully saturated rings. The Morgan fingerprint density at radius 3 is 1.94 bits per heavy atom. The molecule has 0 saturated carbocycles. The highest BCUT2D eigenvalue weighted by atomic mass is 16.7. The molecule has 2 aliphatic heterocycles. The Hall–Kier alpha value is -0.240. The second kappa shape index (κ2) is 6.27. The van der Waals surface area contributed by atoms with Crippen molar-refractivity contribution in [3.05, 3.63) is 0 Å². The molecule has 0 aromatic carbocycles. The van der Waals surface area contributed by atoms with Crippen molar-refractivity contribution in [2.24, 2.45) is 5.41 Å². The first kappa shape index (κ1) is 14.2. The molecule has 0 aliphatic carbocycles. The quantitative estimate of drug-likeness (QED) is 0.735. The van der Waals surface area contributed by atoms with E-state index in [0.29, 0.717) is 32.7 Å². The Morgan fingerprint density at radius 2 is 1.44 bits per heavy atom. The lowest BCUT2D eigenvalue weighted by atomic mass is 9.83. The van der Waals surface area contributed by atoms with Crippen molar-refractivity contribution in [1.29, 1.82) is 0 Å². The highest BCUT2D eigenvalue weighted by Gasteiger charge is 2.46. The van der Waals surface area contributed by atoms with E-state index in [9.17, 15) is 0 Å². The summed E-state index contributed by atoms with van der Waals surface area (Å²) in [6, 6.07) is 0. The second-order valence-electron chi connectivity index (χ2n) is 4.96. The van der Waals surface area contributed by atoms with Gasteiger partial charge in [-0.05, 0) is 6.92 Å². The number of ether oxygens (including phenoxy) is 4. The summed E-state index contributed by atoms with van der Waals surface area (Å²) in [4.78, 5) is 0. The zero-order valence-electron chi connectivity index (χ0n) is 10.7. The summed E-state index contributed by atoms with van der Waals surface area (Å²) in [7, 11) is 0. The van der Waals surface area contributed by atoms with Crippen LogP contribution in [-0.2, 0) is 18.9 Å². The summed E-state index contributed by atoms with van der Waals surface area (Å²) in [5, 5.41) is 17.7. The molecule has 2 N–H and O–H groups in total. The van der Waals surface area contributed by atoms with Crippen molar-refractivity contribution < 1.29 is 29.2 Å². The van der Waals surface area contributed by atoms with E-state index in [1.165, 1.54) is 0 Å². The molecule has 0 bridgehead atoms. The van der Waals surface area contributed by atoms with E-state index in [2.05, 4.69) is 0 Å². The van der Waals surface area contributed by atoms with E-state index < -0.39 is 0 Å². The molecule has 2 rings (SSSR count). The van der Waals surface area contributed by atoms with E-state index in [-0.39, 0.29) is 37.3 Å². The van der Waals surface area contributed by atoms with Gasteiger partial charge in [-0.3, -0.25) is 0 Å². The van der Waals surface area contributed by atoms with Gasteiger partial charge >= 0.3 is 0 Å². The van der Waals surface area contributed by atoms with Gasteiger partial charge in [-0.2, -0.15) is 0 Å². The number of aliphatic hydroxyl groups is 2. The largest absolute Gasteiger partial charge is 0.396 e. The van der Waals surface area contributed by atoms with Crippen LogP contribution in [0.4, 0.5) is 0 Å². The molecule has 2 unspecified atom stereocenters. The minimum Gasteiger partial charge on any atom is -0.396 e. The molecule has 6 heteroatoms. The van der Waals surface area contributed by atoms with Crippen LogP contribution in [0.25, 0.3) is 0 Å². The maximum atomic E-state index is 8.87. The van der Waals surface area contributed by atoms with Gasteiger partial charge in [0.15, 0.2) is 12.6 Å². The van der Waals surface area contributed by atoms with E-state index in [1.54, 1.807) is 0 Å². The molecule has 1 spiro atoms. The monoisotopic (exact) mass is 262 g/mol. The lowest BCUT2D eigenvalue weighted by molar-refractivity contribution is -0.327. The molecule has 6 nitrogen and oxygen atoms in total. The van der Waals surface area contributed by atoms with Crippen molar-refractivity contribution in [3.8, 4) is 0 Å². The van der Waals surface area contributed by atoms with E-state index in [4.69, 9.17) is 29.2 Å². The standard InChI is InChI=1S/C12H22O6/c1-9-12(8-17-11(18-9)3-5-14)6-15-10(2-4-13)16-7-12/h9-11,13-14H,2-8H2,1H3. The third-order valence-electron chi connectivity index (χ3n) is 3.62. The van der Waals surface area contributed by atoms with Gasteiger partial charge < -0.3 is 29.2 Å². The number of hydrogen-bond acceptors (Lipinski definition) is 6. The van der Waals surface area contributed by atoms with Crippen LogP contribution in [0.3, 0.4) is 0 Å². The first-order valence-electron chi connectivity index (χ1n) is 6.42. The average Bonchev–Trinajstić information content (AvgIpc) is 2.37. The van der Waals surface area contributed by atoms with Crippen molar-refractivity contribution in [2.75, 3.05) is 33.0 Å². The van der Waals surface area contributed by atoms with Gasteiger partial charge in [0, 0.05) is 26.1 Å². The highest BCUT2D eigenvalue weighted by Crippen LogP contribution is 2.36. The van der Waals surface area contributed by atoms with Crippen molar-refractivity contribution in [3.63, 3.8) is 0 Å². The van der Waals surface area contributed by atoms with Gasteiger partial charge in [0.05, 0.1) is 31.3 Å². The lowest BCUT2D eigenvalue weighted by Crippen LogP contribution is -2.56. The zero-order valence-corrected chi connectivity index (χ0v) is 10.7. The molecular weight excluding hydrogens is 240 g/mol. The van der Waals surface area contributed by atoms with Crippen LogP contribution < -0.4 is 0 Å². The summed E-state index contributed by atoms with van der Waals surface area (Å²) in [5.74, 6) is 0. The molecule has 2 heterocycles. The number of aliphatic hydroxyl groups excluding tert-OH is 2. The smallest absolute Gasteiger partial charge is 0.160 e. The summed E-state index contributed by atoms with van der Waals surface area (Å²) in [6.45, 7) is 3.60. The summed E-state index contributed by atoms with van der Waals surface area (Å²) < 4.78 is 22.5. The molecule has 2 atom stereocenters. The molecule has 18 heavy (non-hydrogen) atoms. The maximum Gasteiger partial charge on any atom is 0.160 e. The second-order valence-corrected chi connectivity index (χ2v) is 4.96. The Labute approximate surface area is 107 Å². The van der Waals surface area contributed by atoms with E-state index in [1.807, 2.05) is 6.92 Å². The molecule has 106 valence electrons. The Bertz CT molecular complexity index is 243. The van der Waals surface area contributed by atoms with Crippen LogP contribution in [0.1, 0.15) is 19.8 Å². The van der Waals surface area contributed by atoms with Crippen LogP contribution in [0, 0.1) is 5.41 Å². The summed E-state index contributed by atoms with van der Waals surface area (Å²) in [6.07, 6.45) is 0.251. The van der Waals surface area contributed by atoms with Crippen LogP contribution in [0.15, 0.2) is 0 Å². The third-order valence-corrected chi connectivity index (χ3v) is 3.62. The molecular formula is C12H22O6. The van der Waals surface area contributed by atoms with Crippen LogP contribution in [0.2, 0.25) is 0 Å². The van der Waals surface area contributed by atoms with E-state index >= 15 is 0 Å². The van der Waals surface area contributed by atoms with E-state index in [0.717, 1.165) is 0 Å².